The molecule has 0 saturated heterocycles. The zero-order chi connectivity index (χ0) is 10.3. The molecule has 0 aliphatic carbocycles. The van der Waals surface area contributed by atoms with Crippen LogP contribution in [0.2, 0.25) is 0 Å². The van der Waals surface area contributed by atoms with Gasteiger partial charge < -0.3 is 5.32 Å². The average molecular weight is 185 g/mol. The molecule has 0 fully saturated rings. The molecule has 1 N–H and O–H groups in total. The molecule has 0 atom stereocenters. The molecule has 13 heavy (non-hydrogen) atoms. The number of carbonyl (C=O) groups excluding carboxylic acids is 1. The summed E-state index contributed by atoms with van der Waals surface area (Å²) in [5.41, 5.74) is 0. The third kappa shape index (κ3) is 5.38. The zero-order valence-corrected chi connectivity index (χ0v) is 8.71. The number of hydrogen-bond donors (Lipinski definition) is 1. The average Bonchev–Trinajstić information content (AvgIpc) is 2.10. The van der Waals surface area contributed by atoms with Crippen LogP contribution in [0, 0.1) is 0 Å². The predicted molar refractivity (Wildman–Crippen MR) is 54.1 cm³/mol. The van der Waals surface area contributed by atoms with Gasteiger partial charge in [-0.05, 0) is 0 Å². The molecule has 0 aromatic rings. The zero-order valence-electron chi connectivity index (χ0n) is 8.71. The van der Waals surface area contributed by atoms with Crippen molar-refractivity contribution in [1.82, 2.24) is 15.3 Å². The number of amides is 1. The van der Waals surface area contributed by atoms with Crippen molar-refractivity contribution in [1.29, 1.82) is 0 Å². The second kappa shape index (κ2) is 6.62. The third-order valence-corrected chi connectivity index (χ3v) is 1.77. The number of rotatable bonds is 6. The van der Waals surface area contributed by atoms with E-state index in [0.717, 1.165) is 6.54 Å². The van der Waals surface area contributed by atoms with Crippen LogP contribution < -0.4 is 5.32 Å². The summed E-state index contributed by atoms with van der Waals surface area (Å²) in [4.78, 5) is 11.4. The maximum Gasteiger partial charge on any atom is 0.237 e. The summed E-state index contributed by atoms with van der Waals surface area (Å²) in [6, 6.07) is 0. The van der Waals surface area contributed by atoms with Crippen LogP contribution in [0.15, 0.2) is 12.7 Å². The maximum atomic E-state index is 11.4. The van der Waals surface area contributed by atoms with E-state index in [2.05, 4.69) is 11.9 Å². The molecule has 0 bridgehead atoms. The van der Waals surface area contributed by atoms with Crippen LogP contribution in [-0.2, 0) is 4.79 Å². The Morgan fingerprint density at radius 2 is 2.08 bits per heavy atom. The summed E-state index contributed by atoms with van der Waals surface area (Å²) in [5, 5.41) is 6.43. The molecule has 0 unspecified atom stereocenters. The molecule has 4 nitrogen and oxygen atoms in total. The summed E-state index contributed by atoms with van der Waals surface area (Å²) in [6.07, 6.45) is 2.29. The highest BCUT2D eigenvalue weighted by atomic mass is 16.2. The Bertz CT molecular complexity index is 168. The van der Waals surface area contributed by atoms with E-state index in [4.69, 9.17) is 0 Å². The fourth-order valence-corrected chi connectivity index (χ4v) is 0.784. The van der Waals surface area contributed by atoms with Crippen LogP contribution in [0.25, 0.3) is 0 Å². The molecule has 0 aliphatic heterocycles. The molecule has 0 saturated carbocycles. The van der Waals surface area contributed by atoms with E-state index >= 15 is 0 Å². The van der Waals surface area contributed by atoms with Crippen LogP contribution in [0.3, 0.4) is 0 Å². The molecule has 0 aromatic heterocycles. The SMILES string of the molecule is C=CCNCCC(=O)N(C)N(C)C. The lowest BCUT2D eigenvalue weighted by Crippen LogP contribution is -2.39. The Morgan fingerprint density at radius 3 is 2.54 bits per heavy atom. The van der Waals surface area contributed by atoms with Gasteiger partial charge in [-0.25, -0.2) is 5.01 Å². The van der Waals surface area contributed by atoms with Gasteiger partial charge in [0.15, 0.2) is 0 Å². The van der Waals surface area contributed by atoms with Gasteiger partial charge in [-0.15, -0.1) is 6.58 Å². The van der Waals surface area contributed by atoms with Crippen molar-refractivity contribution in [2.24, 2.45) is 0 Å². The molecule has 76 valence electrons. The van der Waals surface area contributed by atoms with Gasteiger partial charge in [0.25, 0.3) is 0 Å². The summed E-state index contributed by atoms with van der Waals surface area (Å²) in [7, 11) is 5.44. The van der Waals surface area contributed by atoms with Gasteiger partial charge in [0.2, 0.25) is 5.91 Å². The predicted octanol–water partition coefficient (Wildman–Crippen LogP) is 0.0871. The van der Waals surface area contributed by atoms with Gasteiger partial charge in [0.05, 0.1) is 0 Å². The first-order valence-electron chi connectivity index (χ1n) is 4.35. The molecule has 0 aliphatic rings. The van der Waals surface area contributed by atoms with Crippen molar-refractivity contribution in [3.63, 3.8) is 0 Å². The molecular weight excluding hydrogens is 166 g/mol. The van der Waals surface area contributed by atoms with Gasteiger partial charge >= 0.3 is 0 Å². The first-order valence-corrected chi connectivity index (χ1v) is 4.35. The standard InChI is InChI=1S/C9H19N3O/c1-5-7-10-8-6-9(13)12(4)11(2)3/h5,10H,1,6-8H2,2-4H3. The quantitative estimate of drug-likeness (QED) is 0.362. The maximum absolute atomic E-state index is 11.4. The number of carbonyl (C=O) groups is 1. The molecule has 0 radical (unpaired) electrons. The highest BCUT2D eigenvalue weighted by Crippen LogP contribution is 1.91. The first-order chi connectivity index (χ1) is 6.09. The molecule has 4 heteroatoms. The molecule has 1 amide bonds. The lowest BCUT2D eigenvalue weighted by molar-refractivity contribution is -0.141. The first kappa shape index (κ1) is 12.1. The molecule has 0 rings (SSSR count). The van der Waals surface area contributed by atoms with Crippen LogP contribution in [0.1, 0.15) is 6.42 Å². The van der Waals surface area contributed by atoms with Crippen molar-refractivity contribution >= 4 is 5.91 Å². The largest absolute Gasteiger partial charge is 0.313 e. The Hall–Kier alpha value is -0.870. The van der Waals surface area contributed by atoms with Crippen molar-refractivity contribution in [2.75, 3.05) is 34.2 Å². The van der Waals surface area contributed by atoms with Crippen LogP contribution in [0.5, 0.6) is 0 Å². The van der Waals surface area contributed by atoms with Gasteiger partial charge in [-0.1, -0.05) is 6.08 Å². The number of nitrogens with one attached hydrogen (secondary N) is 1. The minimum absolute atomic E-state index is 0.113. The van der Waals surface area contributed by atoms with Gasteiger partial charge in [0, 0.05) is 40.7 Å². The summed E-state index contributed by atoms with van der Waals surface area (Å²) in [6.45, 7) is 5.02. The Balaban J connectivity index is 3.56. The molecular formula is C9H19N3O. The second-order valence-electron chi connectivity index (χ2n) is 3.01. The highest BCUT2D eigenvalue weighted by molar-refractivity contribution is 5.75. The summed E-state index contributed by atoms with van der Waals surface area (Å²) in [5.74, 6) is 0.113. The monoisotopic (exact) mass is 185 g/mol. The fourth-order valence-electron chi connectivity index (χ4n) is 0.784. The van der Waals surface area contributed by atoms with E-state index in [-0.39, 0.29) is 5.91 Å². The van der Waals surface area contributed by atoms with E-state index in [0.29, 0.717) is 13.0 Å². The molecule has 0 spiro atoms. The van der Waals surface area contributed by atoms with Gasteiger partial charge in [-0.2, -0.15) is 0 Å². The Kier molecular flexibility index (Phi) is 6.18. The van der Waals surface area contributed by atoms with E-state index in [9.17, 15) is 4.79 Å². The van der Waals surface area contributed by atoms with Crippen molar-refractivity contribution < 1.29 is 4.79 Å². The van der Waals surface area contributed by atoms with E-state index < -0.39 is 0 Å². The lowest BCUT2D eigenvalue weighted by Gasteiger charge is -2.24. The van der Waals surface area contributed by atoms with E-state index in [1.165, 1.54) is 0 Å². The van der Waals surface area contributed by atoms with Crippen LogP contribution in [0.4, 0.5) is 0 Å². The van der Waals surface area contributed by atoms with Crippen LogP contribution >= 0.6 is 0 Å². The van der Waals surface area contributed by atoms with E-state index in [1.54, 1.807) is 23.1 Å². The van der Waals surface area contributed by atoms with Gasteiger partial charge in [-0.3, -0.25) is 9.80 Å². The lowest BCUT2D eigenvalue weighted by atomic mass is 10.4. The minimum Gasteiger partial charge on any atom is -0.313 e. The van der Waals surface area contributed by atoms with E-state index in [1.807, 2.05) is 14.1 Å². The fraction of sp³-hybridized carbons (Fsp3) is 0.667. The Morgan fingerprint density at radius 1 is 1.46 bits per heavy atom. The molecule has 0 heterocycles. The Labute approximate surface area is 80.2 Å². The van der Waals surface area contributed by atoms with Crippen molar-refractivity contribution in [3.05, 3.63) is 12.7 Å². The second-order valence-corrected chi connectivity index (χ2v) is 3.01. The smallest absolute Gasteiger partial charge is 0.237 e. The van der Waals surface area contributed by atoms with Crippen molar-refractivity contribution in [3.8, 4) is 0 Å². The van der Waals surface area contributed by atoms with Crippen LogP contribution in [-0.4, -0.2) is 50.2 Å². The molecule has 0 aromatic carbocycles. The van der Waals surface area contributed by atoms with Crippen molar-refractivity contribution in [2.45, 2.75) is 6.42 Å². The van der Waals surface area contributed by atoms with Gasteiger partial charge in [0.1, 0.15) is 0 Å². The highest BCUT2D eigenvalue weighted by Gasteiger charge is 2.08. The minimum atomic E-state index is 0.113. The number of hydrazine groups is 1. The third-order valence-electron chi connectivity index (χ3n) is 1.77. The topological polar surface area (TPSA) is 35.6 Å². The number of hydrogen-bond acceptors (Lipinski definition) is 3. The summed E-state index contributed by atoms with van der Waals surface area (Å²) >= 11 is 0. The number of nitrogens with zero attached hydrogens (tertiary/aromatic N) is 2. The normalized spacial score (nSPS) is 10.2. The summed E-state index contributed by atoms with van der Waals surface area (Å²) < 4.78 is 0.